The molecule has 9 heteroatoms. The Kier molecular flexibility index (Phi) is 10.1. The molecule has 1 aliphatic rings. The van der Waals surface area contributed by atoms with Crippen LogP contribution >= 0.6 is 39.1 Å². The van der Waals surface area contributed by atoms with E-state index in [1.54, 1.807) is 18.2 Å². The number of nitrogens with zero attached hydrogens (tertiary/aromatic N) is 1. The third kappa shape index (κ3) is 7.03. The number of carbonyl (C=O) groups excluding carboxylic acids is 1. The highest BCUT2D eigenvalue weighted by Gasteiger charge is 2.52. The van der Waals surface area contributed by atoms with Gasteiger partial charge in [0.25, 0.3) is 5.91 Å². The maximum Gasteiger partial charge on any atom is 0.252 e. The molecular weight excluding hydrogens is 603 g/mol. The highest BCUT2D eigenvalue weighted by atomic mass is 79.9. The molecule has 1 amide bonds. The number of carbonyl (C=O) groups is 1. The fourth-order valence-corrected chi connectivity index (χ4v) is 5.13. The van der Waals surface area contributed by atoms with Gasteiger partial charge < -0.3 is 19.9 Å². The largest absolute Gasteiger partial charge is 0.494 e. The molecular formula is C30H29BrCl2N2O4. The van der Waals surface area contributed by atoms with Gasteiger partial charge in [0, 0.05) is 46.1 Å². The zero-order valence-electron chi connectivity index (χ0n) is 21.2. The van der Waals surface area contributed by atoms with Gasteiger partial charge in [0.05, 0.1) is 6.61 Å². The number of aliphatic imine (C=N–C) groups is 1. The van der Waals surface area contributed by atoms with Gasteiger partial charge in [0.2, 0.25) is 5.90 Å². The zero-order valence-corrected chi connectivity index (χ0v) is 24.3. The number of aliphatic hydroxyl groups is 1. The van der Waals surface area contributed by atoms with Crippen LogP contribution in [0.15, 0.2) is 88.9 Å². The summed E-state index contributed by atoms with van der Waals surface area (Å²) in [4.78, 5) is 18.8. The third-order valence-corrected chi connectivity index (χ3v) is 7.47. The van der Waals surface area contributed by atoms with Crippen LogP contribution < -0.4 is 10.1 Å². The smallest absolute Gasteiger partial charge is 0.252 e. The molecule has 0 spiro atoms. The van der Waals surface area contributed by atoms with E-state index in [0.29, 0.717) is 47.7 Å². The first-order valence-electron chi connectivity index (χ1n) is 12.6. The summed E-state index contributed by atoms with van der Waals surface area (Å²) in [6, 6.07) is 20.3. The highest BCUT2D eigenvalue weighted by molar-refractivity contribution is 9.10. The van der Waals surface area contributed by atoms with Crippen molar-refractivity contribution in [3.05, 3.63) is 111 Å². The fraction of sp³-hybridized carbons (Fsp3) is 0.267. The normalized spacial score (nSPS) is 18.3. The van der Waals surface area contributed by atoms with Crippen molar-refractivity contribution in [1.29, 1.82) is 0 Å². The van der Waals surface area contributed by atoms with Crippen LogP contribution in [0.25, 0.3) is 0 Å². The number of benzene rings is 3. The van der Waals surface area contributed by atoms with Gasteiger partial charge >= 0.3 is 0 Å². The van der Waals surface area contributed by atoms with Gasteiger partial charge in [-0.05, 0) is 66.1 Å². The van der Waals surface area contributed by atoms with Crippen LogP contribution in [0.1, 0.15) is 35.6 Å². The molecule has 2 N–H and O–H groups in total. The van der Waals surface area contributed by atoms with E-state index < -0.39 is 11.6 Å². The van der Waals surface area contributed by atoms with E-state index in [1.807, 2.05) is 54.6 Å². The van der Waals surface area contributed by atoms with Crippen molar-refractivity contribution in [1.82, 2.24) is 5.32 Å². The Morgan fingerprint density at radius 1 is 1.15 bits per heavy atom. The minimum atomic E-state index is -1.26. The summed E-state index contributed by atoms with van der Waals surface area (Å²) in [6.45, 7) is 4.76. The van der Waals surface area contributed by atoms with Crippen molar-refractivity contribution in [2.24, 2.45) is 4.99 Å². The molecule has 3 aromatic rings. The predicted octanol–water partition coefficient (Wildman–Crippen LogP) is 6.71. The molecule has 39 heavy (non-hydrogen) atoms. The highest BCUT2D eigenvalue weighted by Crippen LogP contribution is 2.43. The second kappa shape index (κ2) is 13.5. The first kappa shape index (κ1) is 29.2. The standard InChI is InChI=1S/C30H29BrCl2N2O4/c1-2-15-30(29(37)34-16-14-20-6-11-24(32)19-26(20)33)27(21-4-9-23(31)10-5-21)39-28(35-30)22-7-12-25(13-8-22)38-18-3-17-36/h2,4-13,19,27,36H,1,3,14-18H2,(H,34,37)/t27-,30-/m1/s1. The number of hydrogen-bond acceptors (Lipinski definition) is 5. The maximum absolute atomic E-state index is 13.9. The summed E-state index contributed by atoms with van der Waals surface area (Å²) in [6.07, 6.45) is 2.38. The summed E-state index contributed by atoms with van der Waals surface area (Å²) in [5.74, 6) is 0.771. The molecule has 2 atom stereocenters. The van der Waals surface area contributed by atoms with Crippen LogP contribution in [0.5, 0.6) is 5.75 Å². The predicted molar refractivity (Wildman–Crippen MR) is 159 cm³/mol. The fourth-order valence-electron chi connectivity index (χ4n) is 4.36. The summed E-state index contributed by atoms with van der Waals surface area (Å²) < 4.78 is 13.0. The Morgan fingerprint density at radius 2 is 1.90 bits per heavy atom. The summed E-state index contributed by atoms with van der Waals surface area (Å²) in [7, 11) is 0. The molecule has 0 saturated heterocycles. The van der Waals surface area contributed by atoms with Gasteiger partial charge in [-0.25, -0.2) is 4.99 Å². The molecule has 0 unspecified atom stereocenters. The quantitative estimate of drug-likeness (QED) is 0.172. The van der Waals surface area contributed by atoms with Crippen LogP contribution in [0.3, 0.4) is 0 Å². The first-order chi connectivity index (χ1) is 18.9. The van der Waals surface area contributed by atoms with Crippen molar-refractivity contribution in [2.45, 2.75) is 30.9 Å². The van der Waals surface area contributed by atoms with Gasteiger partial charge in [0.1, 0.15) is 5.75 Å². The van der Waals surface area contributed by atoms with Crippen molar-refractivity contribution in [3.8, 4) is 5.75 Å². The van der Waals surface area contributed by atoms with Crippen LogP contribution in [0.2, 0.25) is 10.0 Å². The molecule has 0 bridgehead atoms. The van der Waals surface area contributed by atoms with E-state index >= 15 is 0 Å². The number of halogens is 3. The SMILES string of the molecule is C=CC[C@@]1(C(=O)NCCc2ccc(Cl)cc2Cl)N=C(c2ccc(OCCCO)cc2)O[C@@H]1c1ccc(Br)cc1. The number of rotatable bonds is 12. The van der Waals surface area contributed by atoms with Gasteiger partial charge in [-0.2, -0.15) is 0 Å². The Labute approximate surface area is 246 Å². The average Bonchev–Trinajstić information content (AvgIpc) is 3.31. The minimum Gasteiger partial charge on any atom is -0.494 e. The summed E-state index contributed by atoms with van der Waals surface area (Å²) in [5.41, 5.74) is 1.17. The Bertz CT molecular complexity index is 1330. The van der Waals surface area contributed by atoms with Crippen molar-refractivity contribution >= 4 is 50.9 Å². The van der Waals surface area contributed by atoms with Gasteiger partial charge in [-0.1, -0.05) is 63.4 Å². The average molecular weight is 632 g/mol. The molecule has 1 heterocycles. The van der Waals surface area contributed by atoms with Gasteiger partial charge in [-0.3, -0.25) is 4.79 Å². The van der Waals surface area contributed by atoms with E-state index in [9.17, 15) is 4.79 Å². The number of amides is 1. The molecule has 204 valence electrons. The molecule has 0 radical (unpaired) electrons. The van der Waals surface area contributed by atoms with Crippen LogP contribution in [-0.2, 0) is 16.0 Å². The molecule has 0 aromatic heterocycles. The van der Waals surface area contributed by atoms with E-state index in [1.165, 1.54) is 0 Å². The Morgan fingerprint density at radius 3 is 2.56 bits per heavy atom. The second-order valence-electron chi connectivity index (χ2n) is 9.08. The monoisotopic (exact) mass is 630 g/mol. The van der Waals surface area contributed by atoms with E-state index in [-0.39, 0.29) is 18.9 Å². The summed E-state index contributed by atoms with van der Waals surface area (Å²) in [5, 5.41) is 13.1. The van der Waals surface area contributed by atoms with Crippen LogP contribution in [0, 0.1) is 0 Å². The van der Waals surface area contributed by atoms with Crippen LogP contribution in [0.4, 0.5) is 0 Å². The minimum absolute atomic E-state index is 0.0698. The first-order valence-corrected chi connectivity index (χ1v) is 14.1. The molecule has 0 fully saturated rings. The molecule has 0 saturated carbocycles. The summed E-state index contributed by atoms with van der Waals surface area (Å²) >= 11 is 15.8. The number of hydrogen-bond donors (Lipinski definition) is 2. The topological polar surface area (TPSA) is 80.2 Å². The Hall–Kier alpha value is -2.84. The molecule has 3 aromatic carbocycles. The lowest BCUT2D eigenvalue weighted by Gasteiger charge is -2.29. The number of ether oxygens (including phenoxy) is 2. The lowest BCUT2D eigenvalue weighted by molar-refractivity contribution is -0.128. The lowest BCUT2D eigenvalue weighted by Crippen LogP contribution is -2.48. The maximum atomic E-state index is 13.9. The number of nitrogens with one attached hydrogen (secondary N) is 1. The molecule has 4 rings (SSSR count). The van der Waals surface area contributed by atoms with Gasteiger partial charge in [0.15, 0.2) is 11.6 Å². The molecule has 6 nitrogen and oxygen atoms in total. The number of aliphatic hydroxyl groups excluding tert-OH is 1. The lowest BCUT2D eigenvalue weighted by atomic mass is 9.84. The van der Waals surface area contributed by atoms with Crippen molar-refractivity contribution < 1.29 is 19.4 Å². The van der Waals surface area contributed by atoms with E-state index in [4.69, 9.17) is 42.8 Å². The second-order valence-corrected chi connectivity index (χ2v) is 10.8. The van der Waals surface area contributed by atoms with Gasteiger partial charge in [-0.15, -0.1) is 6.58 Å². The van der Waals surface area contributed by atoms with Crippen molar-refractivity contribution in [2.75, 3.05) is 19.8 Å². The van der Waals surface area contributed by atoms with Crippen LogP contribution in [-0.4, -0.2) is 42.2 Å². The molecule has 0 aliphatic carbocycles. The Balaban J connectivity index is 1.61. The third-order valence-electron chi connectivity index (χ3n) is 6.35. The molecule has 1 aliphatic heterocycles. The van der Waals surface area contributed by atoms with E-state index in [2.05, 4.69) is 27.8 Å². The van der Waals surface area contributed by atoms with Crippen molar-refractivity contribution in [3.63, 3.8) is 0 Å². The zero-order chi connectivity index (χ0) is 27.8. The van der Waals surface area contributed by atoms with E-state index in [0.717, 1.165) is 21.2 Å².